The van der Waals surface area contributed by atoms with Crippen molar-refractivity contribution in [3.8, 4) is 0 Å². The van der Waals surface area contributed by atoms with Crippen molar-refractivity contribution < 1.29 is 66.7 Å². The molecular formula is C39H70O14P2. The normalized spacial score (nSPS) is 15.9. The molecule has 0 aliphatic heterocycles. The van der Waals surface area contributed by atoms with E-state index in [0.29, 0.717) is 19.3 Å². The largest absolute Gasteiger partial charge is 0.472 e. The number of phosphoric ester groups is 2. The lowest BCUT2D eigenvalue weighted by Gasteiger charge is -2.20. The Hall–Kier alpha value is -1.96. The summed E-state index contributed by atoms with van der Waals surface area (Å²) in [5.74, 6) is -0.378. The highest BCUT2D eigenvalue weighted by atomic mass is 31.2. The fraction of sp³-hybridized carbons (Fsp3) is 0.744. The maximum absolute atomic E-state index is 12.6. The van der Waals surface area contributed by atoms with Crippen LogP contribution in [-0.4, -0.2) is 81.6 Å². The molecular weight excluding hydrogens is 754 g/mol. The van der Waals surface area contributed by atoms with E-state index >= 15 is 0 Å². The van der Waals surface area contributed by atoms with Crippen LogP contribution in [0.15, 0.2) is 48.6 Å². The molecule has 0 heterocycles. The number of hydrogen-bond donors (Lipinski definition) is 5. The van der Waals surface area contributed by atoms with Crippen LogP contribution in [0.1, 0.15) is 136 Å². The number of aliphatic hydroxyl groups is 2. The molecule has 0 aromatic rings. The number of allylic oxidation sites excluding steroid dienone is 8. The summed E-state index contributed by atoms with van der Waals surface area (Å²) in [6, 6.07) is 0. The number of rotatable bonds is 36. The molecule has 2 unspecified atom stereocenters. The first kappa shape index (κ1) is 53.0. The van der Waals surface area contributed by atoms with Crippen LogP contribution in [0.2, 0.25) is 0 Å². The zero-order chi connectivity index (χ0) is 41.2. The predicted octanol–water partition coefficient (Wildman–Crippen LogP) is 8.33. The predicted molar refractivity (Wildman–Crippen MR) is 213 cm³/mol. The van der Waals surface area contributed by atoms with Crippen molar-refractivity contribution in [2.75, 3.05) is 26.4 Å². The highest BCUT2D eigenvalue weighted by Gasteiger charge is 2.28. The first-order valence-electron chi connectivity index (χ1n) is 19.8. The van der Waals surface area contributed by atoms with E-state index in [-0.39, 0.29) is 18.9 Å². The number of ether oxygens (including phenoxy) is 2. The van der Waals surface area contributed by atoms with E-state index < -0.39 is 66.2 Å². The van der Waals surface area contributed by atoms with E-state index in [9.17, 15) is 33.8 Å². The van der Waals surface area contributed by atoms with Crippen molar-refractivity contribution in [2.24, 2.45) is 5.92 Å². The van der Waals surface area contributed by atoms with Gasteiger partial charge >= 0.3 is 27.6 Å². The Morgan fingerprint density at radius 3 is 1.69 bits per heavy atom. The zero-order valence-corrected chi connectivity index (χ0v) is 35.1. The highest BCUT2D eigenvalue weighted by Crippen LogP contribution is 2.43. The van der Waals surface area contributed by atoms with Gasteiger partial charge in [-0.1, -0.05) is 107 Å². The second-order valence-corrected chi connectivity index (χ2v) is 16.4. The molecule has 0 aliphatic rings. The van der Waals surface area contributed by atoms with Gasteiger partial charge < -0.3 is 34.4 Å². The minimum Gasteiger partial charge on any atom is -0.462 e. The molecule has 0 bridgehead atoms. The molecule has 0 rings (SSSR count). The number of hydrogen-bond acceptors (Lipinski definition) is 11. The van der Waals surface area contributed by atoms with Crippen molar-refractivity contribution in [3.63, 3.8) is 0 Å². The molecule has 5 N–H and O–H groups in total. The molecule has 320 valence electrons. The van der Waals surface area contributed by atoms with E-state index in [4.69, 9.17) is 23.8 Å². The standard InChI is InChI=1S/C39H70O14P2/c1-4-34(2)26-22-18-16-17-20-24-28-38(42)49-32-37(33-52-55(47,48)51-31-36(41)30-50-54(44,45)46)53-39(43)29-25-21-15-13-11-9-7-5-6-8-10-12-14-19-23-27-35(3)40/h6-9,12-15,34-37,40-41H,4-5,10-11,16-33H2,1-3H3,(H,47,48)(H2,44,45,46)/b8-6-,9-7-,14-12-,15-13-/t34?,35-,36-,37+/m0/s1. The molecule has 0 saturated carbocycles. The van der Waals surface area contributed by atoms with E-state index in [1.54, 1.807) is 6.92 Å². The second kappa shape index (κ2) is 34.1. The lowest BCUT2D eigenvalue weighted by Crippen LogP contribution is -2.29. The molecule has 0 amide bonds. The molecule has 16 heteroatoms. The summed E-state index contributed by atoms with van der Waals surface area (Å²) in [6.45, 7) is 3.46. The van der Waals surface area contributed by atoms with Crippen LogP contribution in [0.4, 0.5) is 0 Å². The third-order valence-corrected chi connectivity index (χ3v) is 9.71. The van der Waals surface area contributed by atoms with E-state index in [1.807, 2.05) is 12.2 Å². The van der Waals surface area contributed by atoms with Crippen LogP contribution < -0.4 is 0 Å². The lowest BCUT2D eigenvalue weighted by molar-refractivity contribution is -0.161. The van der Waals surface area contributed by atoms with Crippen molar-refractivity contribution in [3.05, 3.63) is 48.6 Å². The second-order valence-electron chi connectivity index (χ2n) is 13.7. The summed E-state index contributed by atoms with van der Waals surface area (Å²) < 4.78 is 47.5. The van der Waals surface area contributed by atoms with Crippen LogP contribution in [0.3, 0.4) is 0 Å². The Balaban J connectivity index is 4.68. The number of phosphoric acid groups is 2. The van der Waals surface area contributed by atoms with Gasteiger partial charge in [-0.25, -0.2) is 9.13 Å². The summed E-state index contributed by atoms with van der Waals surface area (Å²) in [7, 11) is -9.69. The van der Waals surface area contributed by atoms with E-state index in [1.165, 1.54) is 25.7 Å². The van der Waals surface area contributed by atoms with E-state index in [2.05, 4.69) is 59.4 Å². The number of unbranched alkanes of at least 4 members (excludes halogenated alkanes) is 7. The molecule has 0 aromatic heterocycles. The summed E-state index contributed by atoms with van der Waals surface area (Å²) in [5.41, 5.74) is 0. The van der Waals surface area contributed by atoms with Crippen LogP contribution in [0.5, 0.6) is 0 Å². The summed E-state index contributed by atoms with van der Waals surface area (Å²) in [4.78, 5) is 52.4. The first-order valence-corrected chi connectivity index (χ1v) is 22.8. The van der Waals surface area contributed by atoms with Crippen molar-refractivity contribution in [2.45, 2.75) is 155 Å². The minimum atomic E-state index is -4.87. The maximum Gasteiger partial charge on any atom is 0.472 e. The van der Waals surface area contributed by atoms with Gasteiger partial charge in [0, 0.05) is 12.8 Å². The molecule has 0 fully saturated rings. The van der Waals surface area contributed by atoms with Crippen LogP contribution in [0.25, 0.3) is 0 Å². The van der Waals surface area contributed by atoms with Crippen molar-refractivity contribution in [1.82, 2.24) is 0 Å². The molecule has 5 atom stereocenters. The van der Waals surface area contributed by atoms with Gasteiger partial charge in [0.2, 0.25) is 0 Å². The van der Waals surface area contributed by atoms with Crippen molar-refractivity contribution in [1.29, 1.82) is 0 Å². The average Bonchev–Trinajstić information content (AvgIpc) is 3.12. The van der Waals surface area contributed by atoms with Crippen LogP contribution in [-0.2, 0) is 41.8 Å². The minimum absolute atomic E-state index is 0.0425. The van der Waals surface area contributed by atoms with Crippen LogP contribution >= 0.6 is 15.6 Å². The SMILES string of the molecule is CCC(C)CCCCCCCCC(=O)OC[C@H](COP(=O)(O)OC[C@@H](O)COP(=O)(O)O)OC(=O)CCC/C=C\C/C=C\C/C=C\C/C=C\CCC[C@H](C)O. The fourth-order valence-electron chi connectivity index (χ4n) is 4.86. The first-order chi connectivity index (χ1) is 26.1. The third-order valence-electron chi connectivity index (χ3n) is 8.27. The number of esters is 2. The van der Waals surface area contributed by atoms with Gasteiger partial charge in [0.1, 0.15) is 12.7 Å². The van der Waals surface area contributed by atoms with Gasteiger partial charge in [-0.05, 0) is 70.6 Å². The number of carbonyl (C=O) groups excluding carboxylic acids is 2. The van der Waals surface area contributed by atoms with Gasteiger partial charge in [0.25, 0.3) is 0 Å². The summed E-state index contributed by atoms with van der Waals surface area (Å²) in [5, 5.41) is 19.0. The molecule has 0 saturated heterocycles. The van der Waals surface area contributed by atoms with Gasteiger partial charge in [-0.3, -0.25) is 23.2 Å². The van der Waals surface area contributed by atoms with Gasteiger partial charge in [0.15, 0.2) is 6.10 Å². The smallest absolute Gasteiger partial charge is 0.462 e. The highest BCUT2D eigenvalue weighted by molar-refractivity contribution is 7.47. The Morgan fingerprint density at radius 2 is 1.11 bits per heavy atom. The van der Waals surface area contributed by atoms with Gasteiger partial charge in [-0.2, -0.15) is 0 Å². The Bertz CT molecular complexity index is 1200. The van der Waals surface area contributed by atoms with Gasteiger partial charge in [-0.15, -0.1) is 0 Å². The summed E-state index contributed by atoms with van der Waals surface area (Å²) in [6.07, 6.45) is 28.5. The quantitative estimate of drug-likeness (QED) is 0.0174. The van der Waals surface area contributed by atoms with Gasteiger partial charge in [0.05, 0.1) is 25.9 Å². The average molecular weight is 825 g/mol. The molecule has 0 aliphatic carbocycles. The monoisotopic (exact) mass is 824 g/mol. The van der Waals surface area contributed by atoms with Crippen molar-refractivity contribution >= 4 is 27.6 Å². The lowest BCUT2D eigenvalue weighted by atomic mass is 10.00. The topological polar surface area (TPSA) is 216 Å². The van der Waals surface area contributed by atoms with Crippen LogP contribution in [0, 0.1) is 5.92 Å². The van der Waals surface area contributed by atoms with E-state index in [0.717, 1.165) is 63.7 Å². The third kappa shape index (κ3) is 38.7. The fourth-order valence-corrected chi connectivity index (χ4v) is 6.02. The Morgan fingerprint density at radius 1 is 0.600 bits per heavy atom. The Labute approximate surface area is 329 Å². The molecule has 55 heavy (non-hydrogen) atoms. The molecule has 0 spiro atoms. The maximum atomic E-state index is 12.6. The molecule has 0 radical (unpaired) electrons. The zero-order valence-electron chi connectivity index (χ0n) is 33.3. The number of aliphatic hydroxyl groups excluding tert-OH is 2. The molecule has 14 nitrogen and oxygen atoms in total. The Kier molecular flexibility index (Phi) is 32.9. The molecule has 0 aromatic carbocycles. The summed E-state index contributed by atoms with van der Waals surface area (Å²) >= 11 is 0. The number of carbonyl (C=O) groups is 2.